The summed E-state index contributed by atoms with van der Waals surface area (Å²) in [4.78, 5) is 21.7. The molecule has 0 saturated heterocycles. The first-order valence-corrected chi connectivity index (χ1v) is 13.4. The molecule has 4 aromatic rings. The summed E-state index contributed by atoms with van der Waals surface area (Å²) in [6.45, 7) is 2.42. The van der Waals surface area contributed by atoms with E-state index < -0.39 is 11.6 Å². The largest absolute Gasteiger partial charge is 0.457 e. The van der Waals surface area contributed by atoms with E-state index in [2.05, 4.69) is 10.3 Å². The highest BCUT2D eigenvalue weighted by Crippen LogP contribution is 2.26. The normalized spacial score (nSPS) is 11.2. The molecule has 0 aliphatic heterocycles. The molecule has 0 unspecified atom stereocenters. The van der Waals surface area contributed by atoms with Gasteiger partial charge in [-0.2, -0.15) is 0 Å². The van der Waals surface area contributed by atoms with Crippen molar-refractivity contribution in [1.82, 2.24) is 15.3 Å². The van der Waals surface area contributed by atoms with Gasteiger partial charge in [0.1, 0.15) is 28.9 Å². The van der Waals surface area contributed by atoms with E-state index in [1.165, 1.54) is 12.1 Å². The number of aryl methyl sites for hydroxylation is 3. The number of aromatic nitrogens is 2. The quantitative estimate of drug-likeness (QED) is 0.191. The van der Waals surface area contributed by atoms with Crippen molar-refractivity contribution in [2.45, 2.75) is 44.9 Å². The van der Waals surface area contributed by atoms with Crippen LogP contribution in [0.5, 0.6) is 11.5 Å². The van der Waals surface area contributed by atoms with Crippen LogP contribution < -0.4 is 15.8 Å². The van der Waals surface area contributed by atoms with Gasteiger partial charge < -0.3 is 15.8 Å². The number of carbonyl (C=O) groups excluding carboxylic acids is 1. The van der Waals surface area contributed by atoms with E-state index in [0.717, 1.165) is 60.7 Å². The van der Waals surface area contributed by atoms with Crippen LogP contribution >= 0.6 is 0 Å². The predicted molar refractivity (Wildman–Crippen MR) is 149 cm³/mol. The Kier molecular flexibility index (Phi) is 10.4. The molecule has 0 bridgehead atoms. The molecule has 39 heavy (non-hydrogen) atoms. The SMILES string of the molecule is NCCNCCCCc1cnc2ccc(Oc3cccc(CCC(=O)CCc4cc(F)cc(F)c4)c3)cc2n1. The monoisotopic (exact) mass is 532 g/mol. The fraction of sp³-hybridized carbons (Fsp3) is 0.323. The van der Waals surface area contributed by atoms with Gasteiger partial charge in [0.05, 0.1) is 16.7 Å². The van der Waals surface area contributed by atoms with E-state index in [-0.39, 0.29) is 12.2 Å². The van der Waals surface area contributed by atoms with Crippen LogP contribution in [0.15, 0.2) is 66.9 Å². The molecule has 0 saturated carbocycles. The Bertz CT molecular complexity index is 1380. The average molecular weight is 533 g/mol. The molecule has 3 aromatic carbocycles. The van der Waals surface area contributed by atoms with E-state index in [4.69, 9.17) is 15.5 Å². The van der Waals surface area contributed by atoms with Crippen molar-refractivity contribution in [2.24, 2.45) is 5.73 Å². The fourth-order valence-electron chi connectivity index (χ4n) is 4.35. The van der Waals surface area contributed by atoms with Crippen LogP contribution in [0.3, 0.4) is 0 Å². The Morgan fingerprint density at radius 2 is 1.59 bits per heavy atom. The van der Waals surface area contributed by atoms with Gasteiger partial charge in [0, 0.05) is 44.3 Å². The lowest BCUT2D eigenvalue weighted by atomic mass is 10.0. The van der Waals surface area contributed by atoms with Crippen molar-refractivity contribution in [3.05, 3.63) is 95.3 Å². The number of nitrogens with one attached hydrogen (secondary N) is 1. The van der Waals surface area contributed by atoms with Crippen LogP contribution in [0.25, 0.3) is 11.0 Å². The third kappa shape index (κ3) is 9.19. The number of hydrogen-bond donors (Lipinski definition) is 2. The fourth-order valence-corrected chi connectivity index (χ4v) is 4.35. The second kappa shape index (κ2) is 14.4. The number of carbonyl (C=O) groups is 1. The van der Waals surface area contributed by atoms with Crippen molar-refractivity contribution in [2.75, 3.05) is 19.6 Å². The first-order valence-electron chi connectivity index (χ1n) is 13.4. The van der Waals surface area contributed by atoms with Crippen molar-refractivity contribution < 1.29 is 18.3 Å². The zero-order chi connectivity index (χ0) is 27.5. The summed E-state index contributed by atoms with van der Waals surface area (Å²) >= 11 is 0. The molecule has 4 rings (SSSR count). The van der Waals surface area contributed by atoms with Gasteiger partial charge in [0.25, 0.3) is 0 Å². The third-order valence-electron chi connectivity index (χ3n) is 6.36. The molecule has 1 aromatic heterocycles. The van der Waals surface area contributed by atoms with Crippen molar-refractivity contribution in [3.8, 4) is 11.5 Å². The van der Waals surface area contributed by atoms with Crippen LogP contribution in [0.4, 0.5) is 8.78 Å². The summed E-state index contributed by atoms with van der Waals surface area (Å²) in [5.74, 6) is 0.118. The topological polar surface area (TPSA) is 90.1 Å². The number of nitrogens with zero attached hydrogens (tertiary/aromatic N) is 2. The number of ketones is 1. The van der Waals surface area contributed by atoms with Gasteiger partial charge >= 0.3 is 0 Å². The highest BCUT2D eigenvalue weighted by molar-refractivity contribution is 5.79. The maximum atomic E-state index is 13.4. The van der Waals surface area contributed by atoms with Gasteiger partial charge in [0.15, 0.2) is 0 Å². The summed E-state index contributed by atoms with van der Waals surface area (Å²) in [5, 5.41) is 3.30. The summed E-state index contributed by atoms with van der Waals surface area (Å²) in [6, 6.07) is 16.6. The number of Topliss-reactive ketones (excluding diaryl/α,β-unsaturated/α-hetero) is 1. The number of rotatable bonds is 15. The lowest BCUT2D eigenvalue weighted by Crippen LogP contribution is -2.23. The molecule has 204 valence electrons. The van der Waals surface area contributed by atoms with Gasteiger partial charge in [-0.25, -0.2) is 13.8 Å². The maximum absolute atomic E-state index is 13.4. The van der Waals surface area contributed by atoms with Gasteiger partial charge in [0.2, 0.25) is 0 Å². The number of ether oxygens (including phenoxy) is 1. The maximum Gasteiger partial charge on any atom is 0.133 e. The highest BCUT2D eigenvalue weighted by Gasteiger charge is 2.08. The standard InChI is InChI=1S/C31H34F2N4O2/c32-24-16-23(17-25(33)19-24)8-10-27(38)9-7-22-4-3-6-28(18-22)39-29-11-12-30-31(20-29)37-26(21-36-30)5-1-2-14-35-15-13-34/h3-4,6,11-12,16-21,35H,1-2,5,7-10,13-15,34H2. The minimum Gasteiger partial charge on any atom is -0.457 e. The molecule has 0 spiro atoms. The molecular weight excluding hydrogens is 498 g/mol. The Morgan fingerprint density at radius 1 is 0.821 bits per heavy atom. The van der Waals surface area contributed by atoms with E-state index in [1.807, 2.05) is 48.7 Å². The number of hydrogen-bond acceptors (Lipinski definition) is 6. The van der Waals surface area contributed by atoms with Crippen LogP contribution in [-0.2, 0) is 24.1 Å². The van der Waals surface area contributed by atoms with Gasteiger partial charge in [-0.15, -0.1) is 0 Å². The van der Waals surface area contributed by atoms with Crippen molar-refractivity contribution in [3.63, 3.8) is 0 Å². The minimum atomic E-state index is -0.629. The summed E-state index contributed by atoms with van der Waals surface area (Å²) in [5.41, 5.74) is 9.50. The highest BCUT2D eigenvalue weighted by atomic mass is 19.1. The first kappa shape index (κ1) is 28.3. The number of fused-ring (bicyclic) bond motifs is 1. The Morgan fingerprint density at radius 3 is 2.38 bits per heavy atom. The van der Waals surface area contributed by atoms with E-state index in [0.29, 0.717) is 42.9 Å². The van der Waals surface area contributed by atoms with E-state index in [1.54, 1.807) is 0 Å². The summed E-state index contributed by atoms with van der Waals surface area (Å²) < 4.78 is 32.8. The molecule has 0 fully saturated rings. The minimum absolute atomic E-state index is 0.0433. The smallest absolute Gasteiger partial charge is 0.133 e. The summed E-state index contributed by atoms with van der Waals surface area (Å²) in [6.07, 6.45) is 6.22. The van der Waals surface area contributed by atoms with Crippen molar-refractivity contribution in [1.29, 1.82) is 0 Å². The molecule has 0 radical (unpaired) electrons. The van der Waals surface area contributed by atoms with E-state index in [9.17, 15) is 13.6 Å². The molecule has 0 atom stereocenters. The predicted octanol–water partition coefficient (Wildman–Crippen LogP) is 5.71. The summed E-state index contributed by atoms with van der Waals surface area (Å²) in [7, 11) is 0. The zero-order valence-corrected chi connectivity index (χ0v) is 22.0. The Labute approximate surface area is 227 Å². The Hall–Kier alpha value is -3.75. The second-order valence-electron chi connectivity index (χ2n) is 9.57. The van der Waals surface area contributed by atoms with Gasteiger partial charge in [-0.05, 0) is 86.2 Å². The molecule has 1 heterocycles. The number of nitrogens with two attached hydrogens (primary N) is 1. The molecular formula is C31H34F2N4O2. The van der Waals surface area contributed by atoms with Gasteiger partial charge in [-0.1, -0.05) is 12.1 Å². The molecule has 6 nitrogen and oxygen atoms in total. The average Bonchev–Trinajstić information content (AvgIpc) is 2.92. The molecule has 0 aliphatic rings. The molecule has 0 amide bonds. The second-order valence-corrected chi connectivity index (χ2v) is 9.57. The number of benzene rings is 3. The van der Waals surface area contributed by atoms with E-state index >= 15 is 0 Å². The van der Waals surface area contributed by atoms with Crippen LogP contribution in [-0.4, -0.2) is 35.4 Å². The van der Waals surface area contributed by atoms with Crippen molar-refractivity contribution >= 4 is 16.8 Å². The number of unbranched alkanes of at least 4 members (excludes halogenated alkanes) is 1. The van der Waals surface area contributed by atoms with Gasteiger partial charge in [-0.3, -0.25) is 9.78 Å². The zero-order valence-electron chi connectivity index (χ0n) is 22.0. The molecule has 3 N–H and O–H groups in total. The first-order chi connectivity index (χ1) is 19.0. The molecule has 0 aliphatic carbocycles. The third-order valence-corrected chi connectivity index (χ3v) is 6.36. The molecule has 8 heteroatoms. The van der Waals surface area contributed by atoms with Crippen LogP contribution in [0.2, 0.25) is 0 Å². The Balaban J connectivity index is 1.29. The van der Waals surface area contributed by atoms with Crippen LogP contribution in [0.1, 0.15) is 42.5 Å². The van der Waals surface area contributed by atoms with Crippen LogP contribution in [0, 0.1) is 11.6 Å². The lowest BCUT2D eigenvalue weighted by molar-refractivity contribution is -0.119. The lowest BCUT2D eigenvalue weighted by Gasteiger charge is -2.09. The number of halogens is 2.